The van der Waals surface area contributed by atoms with Gasteiger partial charge in [-0.15, -0.1) is 11.8 Å². The van der Waals surface area contributed by atoms with Crippen molar-refractivity contribution in [2.75, 3.05) is 18.0 Å². The second-order valence-electron chi connectivity index (χ2n) is 3.98. The summed E-state index contributed by atoms with van der Waals surface area (Å²) in [5, 5.41) is 2.89. The quantitative estimate of drug-likeness (QED) is 0.465. The Bertz CT molecular complexity index is 380. The van der Waals surface area contributed by atoms with Crippen molar-refractivity contribution < 1.29 is 4.79 Å². The minimum Gasteiger partial charge on any atom is -0.398 e. The fourth-order valence-electron chi connectivity index (χ4n) is 1.38. The van der Waals surface area contributed by atoms with Crippen molar-refractivity contribution in [2.24, 2.45) is 0 Å². The number of hydrogen-bond acceptors (Lipinski definition) is 3. The first-order valence-electron chi connectivity index (χ1n) is 5.89. The van der Waals surface area contributed by atoms with Gasteiger partial charge in [0.1, 0.15) is 0 Å². The summed E-state index contributed by atoms with van der Waals surface area (Å²) in [6.07, 6.45) is 2.13. The second-order valence-corrected chi connectivity index (χ2v) is 5.00. The number of nitrogens with one attached hydrogen (secondary N) is 1. The molecule has 0 radical (unpaired) electrons. The third kappa shape index (κ3) is 4.69. The van der Waals surface area contributed by atoms with Gasteiger partial charge in [-0.25, -0.2) is 0 Å². The summed E-state index contributed by atoms with van der Waals surface area (Å²) in [6, 6.07) is 5.88. The maximum Gasteiger partial charge on any atom is 0.230 e. The summed E-state index contributed by atoms with van der Waals surface area (Å²) >= 11 is 1.49. The molecule has 0 heterocycles. The lowest BCUT2D eigenvalue weighted by atomic mass is 10.2. The van der Waals surface area contributed by atoms with Crippen LogP contribution in [0.25, 0.3) is 0 Å². The van der Waals surface area contributed by atoms with Crippen LogP contribution in [-0.4, -0.2) is 18.2 Å². The topological polar surface area (TPSA) is 55.1 Å². The Kier molecular flexibility index (Phi) is 5.91. The van der Waals surface area contributed by atoms with E-state index in [2.05, 4.69) is 12.2 Å². The van der Waals surface area contributed by atoms with Crippen molar-refractivity contribution in [3.8, 4) is 0 Å². The van der Waals surface area contributed by atoms with Crippen LogP contribution in [0.3, 0.4) is 0 Å². The van der Waals surface area contributed by atoms with Gasteiger partial charge in [0.25, 0.3) is 0 Å². The van der Waals surface area contributed by atoms with E-state index >= 15 is 0 Å². The number of nitrogens with two attached hydrogens (primary N) is 1. The minimum atomic E-state index is 0.0735. The number of carbonyl (C=O) groups excluding carboxylic acids is 1. The number of benzene rings is 1. The van der Waals surface area contributed by atoms with Crippen molar-refractivity contribution in [2.45, 2.75) is 31.6 Å². The Morgan fingerprint density at radius 2 is 2.24 bits per heavy atom. The molecule has 0 spiro atoms. The third-order valence-corrected chi connectivity index (χ3v) is 3.57. The number of rotatable bonds is 6. The molecule has 0 aliphatic rings. The van der Waals surface area contributed by atoms with Crippen molar-refractivity contribution in [1.82, 2.24) is 5.32 Å². The number of anilines is 1. The van der Waals surface area contributed by atoms with Gasteiger partial charge in [-0.3, -0.25) is 4.79 Å². The standard InChI is InChI=1S/C13H20N2OS/c1-3-4-8-15-12(16)9-17-11-7-5-6-10(2)13(11)14/h5-7H,3-4,8-9,14H2,1-2H3,(H,15,16). The first-order valence-corrected chi connectivity index (χ1v) is 6.88. The van der Waals surface area contributed by atoms with Gasteiger partial charge in [-0.1, -0.05) is 25.5 Å². The molecular formula is C13H20N2OS. The Morgan fingerprint density at radius 1 is 1.47 bits per heavy atom. The van der Waals surface area contributed by atoms with E-state index in [9.17, 15) is 4.79 Å². The largest absolute Gasteiger partial charge is 0.398 e. The molecule has 0 saturated heterocycles. The molecule has 17 heavy (non-hydrogen) atoms. The van der Waals surface area contributed by atoms with Crippen molar-refractivity contribution >= 4 is 23.4 Å². The van der Waals surface area contributed by atoms with E-state index in [4.69, 9.17) is 5.73 Å². The number of unbranched alkanes of at least 4 members (excludes halogenated alkanes) is 1. The van der Waals surface area contributed by atoms with Crippen LogP contribution in [-0.2, 0) is 4.79 Å². The maximum absolute atomic E-state index is 11.5. The zero-order chi connectivity index (χ0) is 12.7. The summed E-state index contributed by atoms with van der Waals surface area (Å²) in [4.78, 5) is 12.5. The minimum absolute atomic E-state index is 0.0735. The van der Waals surface area contributed by atoms with Gasteiger partial charge in [0.2, 0.25) is 5.91 Å². The van der Waals surface area contributed by atoms with Crippen molar-refractivity contribution in [3.05, 3.63) is 23.8 Å². The molecule has 3 nitrogen and oxygen atoms in total. The highest BCUT2D eigenvalue weighted by molar-refractivity contribution is 8.00. The molecule has 0 aromatic heterocycles. The normalized spacial score (nSPS) is 10.2. The SMILES string of the molecule is CCCCNC(=O)CSc1cccc(C)c1N. The Labute approximate surface area is 107 Å². The molecule has 0 atom stereocenters. The van der Waals surface area contributed by atoms with E-state index in [-0.39, 0.29) is 5.91 Å². The molecule has 0 fully saturated rings. The van der Waals surface area contributed by atoms with Gasteiger partial charge < -0.3 is 11.1 Å². The summed E-state index contributed by atoms with van der Waals surface area (Å²) in [7, 11) is 0. The van der Waals surface area contributed by atoms with Crippen LogP contribution in [0.1, 0.15) is 25.3 Å². The maximum atomic E-state index is 11.5. The van der Waals surface area contributed by atoms with Crippen LogP contribution in [0.5, 0.6) is 0 Å². The lowest BCUT2D eigenvalue weighted by molar-refractivity contribution is -0.118. The second kappa shape index (κ2) is 7.22. The molecule has 1 amide bonds. The van der Waals surface area contributed by atoms with Gasteiger partial charge in [-0.2, -0.15) is 0 Å². The molecule has 0 aliphatic carbocycles. The molecule has 0 unspecified atom stereocenters. The lowest BCUT2D eigenvalue weighted by Gasteiger charge is -2.08. The van der Waals surface area contributed by atoms with E-state index in [1.54, 1.807) is 0 Å². The van der Waals surface area contributed by atoms with Gasteiger partial charge in [0, 0.05) is 17.1 Å². The number of aryl methyl sites for hydroxylation is 1. The number of carbonyl (C=O) groups is 1. The van der Waals surface area contributed by atoms with Gasteiger partial charge >= 0.3 is 0 Å². The molecule has 0 bridgehead atoms. The average Bonchev–Trinajstić information content (AvgIpc) is 2.31. The highest BCUT2D eigenvalue weighted by Crippen LogP contribution is 2.26. The summed E-state index contributed by atoms with van der Waals surface area (Å²) in [5.41, 5.74) is 7.77. The highest BCUT2D eigenvalue weighted by Gasteiger charge is 2.05. The lowest BCUT2D eigenvalue weighted by Crippen LogP contribution is -2.26. The number of amides is 1. The fourth-order valence-corrected chi connectivity index (χ4v) is 2.26. The van der Waals surface area contributed by atoms with Crippen LogP contribution < -0.4 is 11.1 Å². The molecular weight excluding hydrogens is 232 g/mol. The molecule has 0 aliphatic heterocycles. The number of para-hydroxylation sites is 1. The number of hydrogen-bond donors (Lipinski definition) is 2. The zero-order valence-corrected chi connectivity index (χ0v) is 11.3. The molecule has 1 aromatic carbocycles. The molecule has 4 heteroatoms. The van der Waals surface area contributed by atoms with Gasteiger partial charge in [0.05, 0.1) is 5.75 Å². The summed E-state index contributed by atoms with van der Waals surface area (Å²) < 4.78 is 0. The summed E-state index contributed by atoms with van der Waals surface area (Å²) in [6.45, 7) is 4.84. The fraction of sp³-hybridized carbons (Fsp3) is 0.462. The highest BCUT2D eigenvalue weighted by atomic mass is 32.2. The smallest absolute Gasteiger partial charge is 0.230 e. The van der Waals surface area contributed by atoms with E-state index in [0.29, 0.717) is 5.75 Å². The number of nitrogen functional groups attached to an aromatic ring is 1. The van der Waals surface area contributed by atoms with Gasteiger partial charge in [0.15, 0.2) is 0 Å². The van der Waals surface area contributed by atoms with Crippen molar-refractivity contribution in [1.29, 1.82) is 0 Å². The molecule has 0 saturated carbocycles. The first-order chi connectivity index (χ1) is 8.15. The molecule has 1 aromatic rings. The van der Waals surface area contributed by atoms with E-state index < -0.39 is 0 Å². The molecule has 1 rings (SSSR count). The molecule has 3 N–H and O–H groups in total. The van der Waals surface area contributed by atoms with Crippen LogP contribution in [0.15, 0.2) is 23.1 Å². The van der Waals surface area contributed by atoms with E-state index in [1.807, 2.05) is 25.1 Å². The van der Waals surface area contributed by atoms with Gasteiger partial charge in [-0.05, 0) is 25.0 Å². The van der Waals surface area contributed by atoms with Crippen molar-refractivity contribution in [3.63, 3.8) is 0 Å². The predicted molar refractivity (Wildman–Crippen MR) is 74.2 cm³/mol. The Hall–Kier alpha value is -1.16. The van der Waals surface area contributed by atoms with Crippen LogP contribution in [0.2, 0.25) is 0 Å². The van der Waals surface area contributed by atoms with E-state index in [0.717, 1.165) is 35.5 Å². The average molecular weight is 252 g/mol. The monoisotopic (exact) mass is 252 g/mol. The Morgan fingerprint density at radius 3 is 2.94 bits per heavy atom. The van der Waals surface area contributed by atoms with Crippen LogP contribution in [0.4, 0.5) is 5.69 Å². The number of thioether (sulfide) groups is 1. The predicted octanol–water partition coefficient (Wildman–Crippen LogP) is 2.59. The molecule has 94 valence electrons. The zero-order valence-electron chi connectivity index (χ0n) is 10.5. The van der Waals surface area contributed by atoms with Crippen LogP contribution >= 0.6 is 11.8 Å². The van der Waals surface area contributed by atoms with Crippen LogP contribution in [0, 0.1) is 6.92 Å². The third-order valence-electron chi connectivity index (χ3n) is 2.50. The first kappa shape index (κ1) is 13.9. The summed E-state index contributed by atoms with van der Waals surface area (Å²) in [5.74, 6) is 0.501. The Balaban J connectivity index is 2.39. The van der Waals surface area contributed by atoms with E-state index in [1.165, 1.54) is 11.8 Å².